The Morgan fingerprint density at radius 2 is 1.76 bits per heavy atom. The quantitative estimate of drug-likeness (QED) is 0.866. The van der Waals surface area contributed by atoms with Crippen molar-refractivity contribution in [1.82, 2.24) is 5.32 Å². The summed E-state index contributed by atoms with van der Waals surface area (Å²) >= 11 is 5.76. The first-order chi connectivity index (χ1) is 10.1. The van der Waals surface area contributed by atoms with Crippen molar-refractivity contribution in [2.24, 2.45) is 0 Å². The summed E-state index contributed by atoms with van der Waals surface area (Å²) in [6.07, 6.45) is 2.08. The van der Waals surface area contributed by atoms with Gasteiger partial charge in [-0.15, -0.1) is 0 Å². The van der Waals surface area contributed by atoms with Crippen molar-refractivity contribution < 1.29 is 8.78 Å². The van der Waals surface area contributed by atoms with Crippen LogP contribution in [0.1, 0.15) is 29.9 Å². The molecule has 0 saturated heterocycles. The topological polar surface area (TPSA) is 12.0 Å². The summed E-state index contributed by atoms with van der Waals surface area (Å²) in [6.45, 7) is 0.681. The molecule has 21 heavy (non-hydrogen) atoms. The molecule has 0 radical (unpaired) electrons. The molecule has 3 rings (SSSR count). The average Bonchev–Trinajstić information content (AvgIpc) is 2.43. The molecule has 1 saturated carbocycles. The van der Waals surface area contributed by atoms with E-state index in [1.807, 2.05) is 12.1 Å². The maximum atomic E-state index is 13.1. The van der Waals surface area contributed by atoms with Crippen LogP contribution in [0.5, 0.6) is 0 Å². The van der Waals surface area contributed by atoms with Crippen LogP contribution in [0.3, 0.4) is 0 Å². The van der Waals surface area contributed by atoms with E-state index in [9.17, 15) is 8.78 Å². The molecule has 4 heteroatoms. The van der Waals surface area contributed by atoms with Crippen LogP contribution in [0.25, 0.3) is 0 Å². The van der Waals surface area contributed by atoms with Gasteiger partial charge in [-0.2, -0.15) is 0 Å². The van der Waals surface area contributed by atoms with E-state index in [0.29, 0.717) is 18.5 Å². The van der Waals surface area contributed by atoms with E-state index in [4.69, 9.17) is 11.6 Å². The summed E-state index contributed by atoms with van der Waals surface area (Å²) in [7, 11) is 0. The lowest BCUT2D eigenvalue weighted by molar-refractivity contribution is 0.289. The van der Waals surface area contributed by atoms with Gasteiger partial charge < -0.3 is 5.32 Å². The normalized spacial score (nSPS) is 21.1. The molecule has 0 spiro atoms. The third-order valence-corrected chi connectivity index (χ3v) is 4.35. The van der Waals surface area contributed by atoms with Crippen molar-refractivity contribution in [3.8, 4) is 0 Å². The zero-order valence-corrected chi connectivity index (χ0v) is 12.2. The maximum Gasteiger partial charge on any atom is 0.141 e. The predicted molar refractivity (Wildman–Crippen MR) is 80.4 cm³/mol. The molecule has 0 atom stereocenters. The number of nitrogens with one attached hydrogen (secondary N) is 1. The van der Waals surface area contributed by atoms with Crippen molar-refractivity contribution in [3.05, 3.63) is 70.2 Å². The first kappa shape index (κ1) is 14.5. The fourth-order valence-electron chi connectivity index (χ4n) is 2.70. The van der Waals surface area contributed by atoms with E-state index < -0.39 is 0 Å². The SMILES string of the molecule is Fc1ccc(C2CC(NCc3ccc(F)c(Cl)c3)C2)cc1. The molecule has 2 aromatic carbocycles. The number of halogens is 3. The number of hydrogen-bond acceptors (Lipinski definition) is 1. The second kappa shape index (κ2) is 6.12. The second-order valence-electron chi connectivity index (χ2n) is 5.55. The minimum Gasteiger partial charge on any atom is -0.310 e. The van der Waals surface area contributed by atoms with Crippen LogP contribution in [0.15, 0.2) is 42.5 Å². The minimum atomic E-state index is -0.388. The molecule has 0 unspecified atom stereocenters. The predicted octanol–water partition coefficient (Wildman–Crippen LogP) is 4.65. The second-order valence-corrected chi connectivity index (χ2v) is 5.95. The summed E-state index contributed by atoms with van der Waals surface area (Å²) in [5, 5.41) is 3.60. The van der Waals surface area contributed by atoms with E-state index in [2.05, 4.69) is 5.32 Å². The maximum absolute atomic E-state index is 13.1. The smallest absolute Gasteiger partial charge is 0.141 e. The summed E-state index contributed by atoms with van der Waals surface area (Å²) in [5.41, 5.74) is 2.17. The number of rotatable bonds is 4. The molecule has 1 nitrogen and oxygen atoms in total. The Balaban J connectivity index is 1.48. The molecule has 1 aliphatic carbocycles. The number of benzene rings is 2. The lowest BCUT2D eigenvalue weighted by Crippen LogP contribution is -2.39. The average molecular weight is 308 g/mol. The summed E-state index contributed by atoms with van der Waals surface area (Å²) in [5.74, 6) is -0.0822. The Bertz CT molecular complexity index is 621. The van der Waals surface area contributed by atoms with E-state index >= 15 is 0 Å². The molecular formula is C17H16ClF2N. The minimum absolute atomic E-state index is 0.159. The lowest BCUT2D eigenvalue weighted by atomic mass is 9.76. The van der Waals surface area contributed by atoms with Gasteiger partial charge in [0.05, 0.1) is 5.02 Å². The zero-order valence-electron chi connectivity index (χ0n) is 11.5. The summed E-state index contributed by atoms with van der Waals surface area (Å²) in [6, 6.07) is 12.0. The molecule has 110 valence electrons. The molecule has 0 aliphatic heterocycles. The summed E-state index contributed by atoms with van der Waals surface area (Å²) in [4.78, 5) is 0. The monoisotopic (exact) mass is 307 g/mol. The molecule has 2 aromatic rings. The first-order valence-corrected chi connectivity index (χ1v) is 7.42. The van der Waals surface area contributed by atoms with Crippen molar-refractivity contribution in [1.29, 1.82) is 0 Å². The summed E-state index contributed by atoms with van der Waals surface area (Å²) < 4.78 is 25.9. The molecule has 1 fully saturated rings. The van der Waals surface area contributed by atoms with Crippen molar-refractivity contribution in [3.63, 3.8) is 0 Å². The third kappa shape index (κ3) is 3.42. The fraction of sp³-hybridized carbons (Fsp3) is 0.294. The van der Waals surface area contributed by atoms with E-state index in [1.54, 1.807) is 12.1 Å². The van der Waals surface area contributed by atoms with Crippen molar-refractivity contribution >= 4 is 11.6 Å². The van der Waals surface area contributed by atoms with Crippen LogP contribution in [0.2, 0.25) is 5.02 Å². The van der Waals surface area contributed by atoms with E-state index in [1.165, 1.54) is 23.8 Å². The Morgan fingerprint density at radius 3 is 2.43 bits per heavy atom. The van der Waals surface area contributed by atoms with Gasteiger partial charge in [0.15, 0.2) is 0 Å². The van der Waals surface area contributed by atoms with Gasteiger partial charge in [0.25, 0.3) is 0 Å². The lowest BCUT2D eigenvalue weighted by Gasteiger charge is -2.36. The van der Waals surface area contributed by atoms with Gasteiger partial charge in [-0.05, 0) is 54.2 Å². The standard InChI is InChI=1S/C17H16ClF2N/c18-16-7-11(1-6-17(16)20)10-21-15-8-13(9-15)12-2-4-14(19)5-3-12/h1-7,13,15,21H,8-10H2. The van der Waals surface area contributed by atoms with E-state index in [-0.39, 0.29) is 16.7 Å². The van der Waals surface area contributed by atoms with Crippen LogP contribution in [0, 0.1) is 11.6 Å². The van der Waals surface area contributed by atoms with Gasteiger partial charge >= 0.3 is 0 Å². The highest BCUT2D eigenvalue weighted by Crippen LogP contribution is 2.37. The van der Waals surface area contributed by atoms with Crippen LogP contribution in [-0.2, 0) is 6.54 Å². The molecule has 1 aliphatic rings. The van der Waals surface area contributed by atoms with Crippen molar-refractivity contribution in [2.45, 2.75) is 31.3 Å². The molecule has 0 amide bonds. The van der Waals surface area contributed by atoms with Crippen LogP contribution >= 0.6 is 11.6 Å². The third-order valence-electron chi connectivity index (χ3n) is 4.06. The van der Waals surface area contributed by atoms with Gasteiger partial charge in [-0.1, -0.05) is 29.8 Å². The highest BCUT2D eigenvalue weighted by molar-refractivity contribution is 6.30. The van der Waals surface area contributed by atoms with Gasteiger partial charge in [0.1, 0.15) is 11.6 Å². The van der Waals surface area contributed by atoms with Gasteiger partial charge in [-0.3, -0.25) is 0 Å². The van der Waals surface area contributed by atoms with Gasteiger partial charge in [-0.25, -0.2) is 8.78 Å². The molecule has 0 bridgehead atoms. The van der Waals surface area contributed by atoms with Crippen LogP contribution in [-0.4, -0.2) is 6.04 Å². The van der Waals surface area contributed by atoms with E-state index in [0.717, 1.165) is 18.4 Å². The van der Waals surface area contributed by atoms with Crippen LogP contribution in [0.4, 0.5) is 8.78 Å². The molecule has 1 N–H and O–H groups in total. The molecular weight excluding hydrogens is 292 g/mol. The van der Waals surface area contributed by atoms with Gasteiger partial charge in [0, 0.05) is 12.6 Å². The highest BCUT2D eigenvalue weighted by atomic mass is 35.5. The fourth-order valence-corrected chi connectivity index (χ4v) is 2.91. The zero-order chi connectivity index (χ0) is 14.8. The molecule has 0 heterocycles. The van der Waals surface area contributed by atoms with Gasteiger partial charge in [0.2, 0.25) is 0 Å². The Labute approximate surface area is 127 Å². The van der Waals surface area contributed by atoms with Crippen LogP contribution < -0.4 is 5.32 Å². The number of hydrogen-bond donors (Lipinski definition) is 1. The Kier molecular flexibility index (Phi) is 4.22. The largest absolute Gasteiger partial charge is 0.310 e. The first-order valence-electron chi connectivity index (χ1n) is 7.04. The van der Waals surface area contributed by atoms with Crippen molar-refractivity contribution in [2.75, 3.05) is 0 Å². The Morgan fingerprint density at radius 1 is 1.05 bits per heavy atom. The Hall–Kier alpha value is -1.45. The molecule has 0 aromatic heterocycles. The highest BCUT2D eigenvalue weighted by Gasteiger charge is 2.29.